The van der Waals surface area contributed by atoms with Crippen LogP contribution >= 0.6 is 11.6 Å². The summed E-state index contributed by atoms with van der Waals surface area (Å²) in [4.78, 5) is 222. The van der Waals surface area contributed by atoms with Gasteiger partial charge in [0.05, 0.1) is 30.1 Å². The summed E-state index contributed by atoms with van der Waals surface area (Å²) in [5.41, 5.74) is -2.30. The van der Waals surface area contributed by atoms with E-state index in [0.717, 1.165) is 27.0 Å². The van der Waals surface area contributed by atoms with Crippen molar-refractivity contribution >= 4 is 112 Å². The molecule has 1 aromatic heterocycles. The number of aromatic nitrogens is 2. The zero-order valence-corrected chi connectivity index (χ0v) is 76.6. The van der Waals surface area contributed by atoms with Crippen LogP contribution in [0.15, 0.2) is 61.3 Å². The molecule has 34 nitrogen and oxygen atoms in total. The predicted molar refractivity (Wildman–Crippen MR) is 461 cm³/mol. The van der Waals surface area contributed by atoms with Crippen LogP contribution in [0.5, 0.6) is 5.75 Å². The van der Waals surface area contributed by atoms with E-state index >= 15 is 19.2 Å². The Bertz CT molecular complexity index is 4260. The molecule has 3 aromatic rings. The number of hydrogen-bond acceptors (Lipinski definition) is 18. The van der Waals surface area contributed by atoms with Gasteiger partial charge in [-0.05, 0) is 149 Å². The summed E-state index contributed by atoms with van der Waals surface area (Å²) in [6.07, 6.45) is -4.90. The molecule has 1 fully saturated rings. The maximum absolute atomic E-state index is 15.5. The second-order valence-corrected chi connectivity index (χ2v) is 34.8. The summed E-state index contributed by atoms with van der Waals surface area (Å²) in [5.74, 6) is -14.3. The van der Waals surface area contributed by atoms with Crippen LogP contribution in [0, 0.1) is 41.4 Å². The third-order valence-electron chi connectivity index (χ3n) is 21.5. The van der Waals surface area contributed by atoms with Crippen LogP contribution < -0.4 is 47.3 Å². The lowest BCUT2D eigenvalue weighted by Crippen LogP contribution is -2.63. The fourth-order valence-electron chi connectivity index (χ4n) is 14.4. The van der Waals surface area contributed by atoms with Crippen molar-refractivity contribution in [2.45, 2.75) is 235 Å². The van der Waals surface area contributed by atoms with Crippen molar-refractivity contribution in [1.29, 1.82) is 0 Å². The maximum atomic E-state index is 15.5. The standard InChI is InChI=1S/C86H131ClF3N17O17/c1-25-61-81(119)100(18)44-69(111)101(19)62(36-46(3)4)78(116)99-70(50(11)12)84(122)102(20)63(37-47(5)6)77(115)94-53(16)75(113)95-54(17)80(118)103(21)64(38-48(7)8)82(120)104(22)65(39-49(9)10)83(121)105(23)71(51(13)14)85(123)106(24)72(79(117)98-61)73(112)52(15)28-27-29-67(109)91-34-35-92-68(110)45-124-59-32-30-58(31-33-59)107-74(86(88,89)90)60(43-93-107)76(114)97-57-41-55(87)40-56(42-57)96-66(108)26-2/h26,30-33,40-43,46-54,61-65,70-73,112H,2,25,27-29,34-39,44-45H2,1,3-24H3,(H,91,109)(H,92,110)(H,94,115)(H,95,113)(H,96,108)(H,97,114)(H,98,117)(H,99,116)/t52-,53+,54-,61+,62+,63+,64+,65+,70+,71+,72+,73-/m1/s1. The number of halogens is 4. The Hall–Kier alpha value is -10.7. The number of nitrogens with one attached hydrogen (secondary N) is 8. The van der Waals surface area contributed by atoms with Crippen molar-refractivity contribution in [2.75, 3.05) is 86.2 Å². The Balaban J connectivity index is 1.65. The number of nitrogens with zero attached hydrogens (tertiary/aromatic N) is 9. The highest BCUT2D eigenvalue weighted by Gasteiger charge is 2.47. The van der Waals surface area contributed by atoms with E-state index < -0.39 is 203 Å². The Kier molecular flexibility index (Phi) is 40.8. The van der Waals surface area contributed by atoms with E-state index in [-0.39, 0.29) is 116 Å². The van der Waals surface area contributed by atoms with Crippen LogP contribution in [0.4, 0.5) is 24.5 Å². The molecule has 1 aliphatic heterocycles. The van der Waals surface area contributed by atoms with Gasteiger partial charge in [-0.25, -0.2) is 4.68 Å². The van der Waals surface area contributed by atoms with Gasteiger partial charge in [0.15, 0.2) is 12.3 Å². The van der Waals surface area contributed by atoms with Gasteiger partial charge in [-0.1, -0.05) is 115 Å². The molecule has 4 rings (SSSR count). The number of likely N-dealkylation sites (N-methyl/N-ethyl adjacent to an activating group) is 7. The van der Waals surface area contributed by atoms with Crippen molar-refractivity contribution in [3.8, 4) is 11.4 Å². The first kappa shape index (κ1) is 106. The number of benzene rings is 2. The highest BCUT2D eigenvalue weighted by Crippen LogP contribution is 2.36. The molecule has 0 bridgehead atoms. The largest absolute Gasteiger partial charge is 0.484 e. The Labute approximate surface area is 730 Å². The van der Waals surface area contributed by atoms with E-state index in [4.69, 9.17) is 16.3 Å². The van der Waals surface area contributed by atoms with E-state index in [2.05, 4.69) is 54.2 Å². The van der Waals surface area contributed by atoms with Crippen molar-refractivity contribution in [2.24, 2.45) is 41.4 Å². The van der Waals surface area contributed by atoms with E-state index in [0.29, 0.717) is 4.68 Å². The predicted octanol–water partition coefficient (Wildman–Crippen LogP) is 6.02. The van der Waals surface area contributed by atoms with Crippen molar-refractivity contribution in [3.05, 3.63) is 77.6 Å². The van der Waals surface area contributed by atoms with Gasteiger partial charge < -0.3 is 86.7 Å². The highest BCUT2D eigenvalue weighted by atomic mass is 35.5. The van der Waals surface area contributed by atoms with Gasteiger partial charge in [0.25, 0.3) is 11.8 Å². The number of carbonyl (C=O) groups excluding carboxylic acids is 15. The van der Waals surface area contributed by atoms with Crippen LogP contribution in [0.25, 0.3) is 5.69 Å². The molecule has 2 aromatic carbocycles. The van der Waals surface area contributed by atoms with Gasteiger partial charge in [0.1, 0.15) is 66.2 Å². The van der Waals surface area contributed by atoms with Gasteiger partial charge >= 0.3 is 6.18 Å². The average Bonchev–Trinajstić information content (AvgIpc) is 1.56. The number of aliphatic hydroxyl groups is 1. The number of rotatable bonds is 28. The molecule has 1 saturated heterocycles. The smallest absolute Gasteiger partial charge is 0.434 e. The second-order valence-electron chi connectivity index (χ2n) is 34.4. The van der Waals surface area contributed by atoms with Crippen molar-refractivity contribution in [1.82, 2.24) is 76.0 Å². The van der Waals surface area contributed by atoms with Crippen molar-refractivity contribution < 1.29 is 94.9 Å². The van der Waals surface area contributed by atoms with Gasteiger partial charge in [-0.3, -0.25) is 71.9 Å². The zero-order valence-electron chi connectivity index (χ0n) is 75.8. The van der Waals surface area contributed by atoms with Gasteiger partial charge in [0, 0.05) is 85.2 Å². The molecule has 690 valence electrons. The van der Waals surface area contributed by atoms with E-state index in [1.54, 1.807) is 41.5 Å². The topological polar surface area (TPSA) is 422 Å². The lowest BCUT2D eigenvalue weighted by atomic mass is 9.90. The van der Waals surface area contributed by atoms with E-state index in [1.807, 2.05) is 55.4 Å². The highest BCUT2D eigenvalue weighted by molar-refractivity contribution is 6.31. The third-order valence-corrected chi connectivity index (χ3v) is 21.7. The Morgan fingerprint density at radius 3 is 1.58 bits per heavy atom. The molecule has 38 heteroatoms. The third kappa shape index (κ3) is 30.0. The first-order valence-corrected chi connectivity index (χ1v) is 42.3. The molecule has 124 heavy (non-hydrogen) atoms. The number of hydrogen-bond donors (Lipinski definition) is 9. The van der Waals surface area contributed by atoms with Gasteiger partial charge in [-0.15, -0.1) is 0 Å². The number of alkyl halides is 3. The minimum Gasteiger partial charge on any atom is -0.484 e. The molecule has 0 aliphatic carbocycles. The quantitative estimate of drug-likeness (QED) is 0.0296. The molecular formula is C86H131ClF3N17O17. The molecule has 15 amide bonds. The normalized spacial score (nSPS) is 21.9. The Morgan fingerprint density at radius 2 is 1.06 bits per heavy atom. The molecule has 0 spiro atoms. The fraction of sp³-hybridized carbons (Fsp3) is 0.628. The summed E-state index contributed by atoms with van der Waals surface area (Å²) >= 11 is 6.13. The summed E-state index contributed by atoms with van der Waals surface area (Å²) in [5, 5.41) is 37.4. The SMILES string of the molecule is C=CC(=O)Nc1cc(Cl)cc(NC(=O)c2cnn(-c3ccc(OCC(=O)NCCNC(=O)CCC[C@@H](C)[C@@H](O)[C@H]4C(=O)N[C@@H](CC)C(=O)N(C)CC(=O)N(C)[C@@H](CC(C)C)C(=O)N[C@@H](C(C)C)C(=O)N(C)[C@@H](CC(C)C)C(=O)N[C@@H](C)C(=O)N[C@H](C)C(=O)N(C)[C@@H](CC(C)C)C(=O)N(C)[C@@H](CC(C)C)C(=O)N(C)[C@@H](C(C)C)C(=O)N4C)cc3)c2C(F)(F)F)c1. The van der Waals surface area contributed by atoms with E-state index in [1.165, 1.54) is 125 Å². The van der Waals surface area contributed by atoms with Crippen LogP contribution in [0.2, 0.25) is 5.02 Å². The molecule has 0 saturated carbocycles. The summed E-state index contributed by atoms with van der Waals surface area (Å²) in [7, 11) is 9.50. The van der Waals surface area contributed by atoms with Crippen LogP contribution in [0.1, 0.15) is 178 Å². The molecule has 2 heterocycles. The molecular weight excluding hydrogens is 1640 g/mol. The number of amides is 15. The summed E-state index contributed by atoms with van der Waals surface area (Å²) in [6.45, 7) is 29.3. The summed E-state index contributed by atoms with van der Waals surface area (Å²) < 4.78 is 50.0. The number of ether oxygens (including phenoxy) is 1. The second kappa shape index (κ2) is 48.0. The minimum absolute atomic E-state index is 0.0361. The van der Waals surface area contributed by atoms with Crippen LogP contribution in [-0.4, -0.2) is 280 Å². The molecule has 9 N–H and O–H groups in total. The first-order valence-electron chi connectivity index (χ1n) is 41.9. The molecule has 12 atom stereocenters. The van der Waals surface area contributed by atoms with Crippen molar-refractivity contribution in [3.63, 3.8) is 0 Å². The van der Waals surface area contributed by atoms with Gasteiger partial charge in [-0.2, -0.15) is 18.3 Å². The first-order chi connectivity index (χ1) is 57.7. The molecule has 0 radical (unpaired) electrons. The molecule has 0 unspecified atom stereocenters. The number of anilines is 2. The lowest BCUT2D eigenvalue weighted by molar-refractivity contribution is -0.157. The average molecular weight is 1770 g/mol. The number of carbonyl (C=O) groups is 15. The zero-order chi connectivity index (χ0) is 94.1. The Morgan fingerprint density at radius 1 is 0.581 bits per heavy atom. The van der Waals surface area contributed by atoms with Crippen LogP contribution in [0.3, 0.4) is 0 Å². The lowest BCUT2D eigenvalue weighted by Gasteiger charge is -2.41. The monoisotopic (exact) mass is 1770 g/mol. The van der Waals surface area contributed by atoms with Gasteiger partial charge in [0.2, 0.25) is 76.8 Å². The molecule has 1 aliphatic rings. The fourth-order valence-corrected chi connectivity index (χ4v) is 14.7. The number of aliphatic hydroxyl groups excluding tert-OH is 1. The minimum atomic E-state index is -5.09. The maximum Gasteiger partial charge on any atom is 0.434 e. The van der Waals surface area contributed by atoms with Crippen LogP contribution in [-0.2, 0) is 73.3 Å². The summed E-state index contributed by atoms with van der Waals surface area (Å²) in [6, 6.07) is -4.54. The van der Waals surface area contributed by atoms with E-state index in [9.17, 15) is 71.0 Å².